The van der Waals surface area contributed by atoms with Crippen LogP contribution in [0.3, 0.4) is 0 Å². The van der Waals surface area contributed by atoms with E-state index in [1.807, 2.05) is 49.4 Å². The Morgan fingerprint density at radius 3 is 2.07 bits per heavy atom. The molecule has 0 saturated heterocycles. The molecule has 0 saturated carbocycles. The van der Waals surface area contributed by atoms with Gasteiger partial charge in [0.15, 0.2) is 5.78 Å². The predicted molar refractivity (Wildman–Crippen MR) is 115 cm³/mol. The lowest BCUT2D eigenvalue weighted by atomic mass is 9.76. The molecule has 2 rings (SSSR count). The molecule has 0 aliphatic carbocycles. The third-order valence-corrected chi connectivity index (χ3v) is 5.21. The van der Waals surface area contributed by atoms with Crippen molar-refractivity contribution < 1.29 is 23.9 Å². The quantitative estimate of drug-likeness (QED) is 0.377. The number of carbonyl (C=O) groups excluding carboxylic acids is 3. The highest BCUT2D eigenvalue weighted by Gasteiger charge is 2.37. The van der Waals surface area contributed by atoms with Crippen molar-refractivity contribution in [2.75, 3.05) is 13.3 Å². The average Bonchev–Trinajstić information content (AvgIpc) is 2.77. The van der Waals surface area contributed by atoms with E-state index in [1.54, 1.807) is 12.1 Å². The summed E-state index contributed by atoms with van der Waals surface area (Å²) in [6.07, 6.45) is 0.754. The van der Waals surface area contributed by atoms with Crippen molar-refractivity contribution in [3.63, 3.8) is 0 Å². The third-order valence-electron chi connectivity index (χ3n) is 5.21. The lowest BCUT2D eigenvalue weighted by Crippen LogP contribution is -2.36. The Balaban J connectivity index is 2.31. The van der Waals surface area contributed by atoms with Gasteiger partial charge in [-0.3, -0.25) is 18.8 Å². The minimum Gasteiger partial charge on any atom is -0.396 e. The van der Waals surface area contributed by atoms with Crippen LogP contribution in [0.1, 0.15) is 49.4 Å². The second-order valence-corrected chi connectivity index (χ2v) is 7.38. The molecule has 2 atom stereocenters. The molecule has 0 fully saturated rings. The number of hydrogen-bond donors (Lipinski definition) is 1. The fourth-order valence-electron chi connectivity index (χ4n) is 3.68. The highest BCUT2D eigenvalue weighted by Crippen LogP contribution is 2.28. The fourth-order valence-corrected chi connectivity index (χ4v) is 3.68. The van der Waals surface area contributed by atoms with Gasteiger partial charge in [-0.2, -0.15) is 0 Å². The number of halogens is 1. The summed E-state index contributed by atoms with van der Waals surface area (Å²) in [6, 6.07) is 16.6. The van der Waals surface area contributed by atoms with Crippen LogP contribution in [0.15, 0.2) is 54.6 Å². The predicted octanol–water partition coefficient (Wildman–Crippen LogP) is 4.84. The van der Waals surface area contributed by atoms with E-state index in [0.29, 0.717) is 12.0 Å². The lowest BCUT2D eigenvalue weighted by Gasteiger charge is -2.24. The summed E-state index contributed by atoms with van der Waals surface area (Å²) in [5, 5.41) is 9.02. The van der Waals surface area contributed by atoms with Crippen LogP contribution in [0, 0.1) is 11.8 Å². The van der Waals surface area contributed by atoms with E-state index in [-0.39, 0.29) is 43.9 Å². The second kappa shape index (κ2) is 12.1. The molecule has 2 aromatic carbocycles. The molecule has 1 N–H and O–H groups in total. The van der Waals surface area contributed by atoms with Crippen LogP contribution in [0.25, 0.3) is 11.1 Å². The Morgan fingerprint density at radius 1 is 0.900 bits per heavy atom. The van der Waals surface area contributed by atoms with Crippen molar-refractivity contribution in [3.05, 3.63) is 60.2 Å². The largest absolute Gasteiger partial charge is 0.396 e. The van der Waals surface area contributed by atoms with Crippen LogP contribution >= 0.6 is 0 Å². The molecule has 2 unspecified atom stereocenters. The van der Waals surface area contributed by atoms with Gasteiger partial charge in [0.1, 0.15) is 11.6 Å². The van der Waals surface area contributed by atoms with Crippen molar-refractivity contribution in [1.82, 2.24) is 0 Å². The lowest BCUT2D eigenvalue weighted by molar-refractivity contribution is -0.134. The number of aliphatic hydroxyl groups excluding tert-OH is 1. The number of alkyl halides is 1. The van der Waals surface area contributed by atoms with Gasteiger partial charge in [0, 0.05) is 30.9 Å². The summed E-state index contributed by atoms with van der Waals surface area (Å²) in [5.74, 6) is -3.29. The number of rotatable bonds is 13. The first-order chi connectivity index (χ1) is 14.5. The molecule has 5 heteroatoms. The molecule has 0 aliphatic rings. The summed E-state index contributed by atoms with van der Waals surface area (Å²) >= 11 is 0. The third kappa shape index (κ3) is 6.17. The number of benzene rings is 2. The van der Waals surface area contributed by atoms with E-state index in [2.05, 4.69) is 0 Å². The molecule has 0 amide bonds. The number of carbonyl (C=O) groups is 3. The van der Waals surface area contributed by atoms with Crippen molar-refractivity contribution in [2.45, 2.75) is 39.0 Å². The second-order valence-electron chi connectivity index (χ2n) is 7.38. The highest BCUT2D eigenvalue weighted by atomic mass is 19.1. The highest BCUT2D eigenvalue weighted by molar-refractivity contribution is 6.09. The first-order valence-corrected chi connectivity index (χ1v) is 10.4. The minimum absolute atomic E-state index is 0.000365. The number of aliphatic hydroxyl groups is 1. The molecule has 160 valence electrons. The summed E-state index contributed by atoms with van der Waals surface area (Å²) in [6.45, 7) is 0.853. The molecule has 0 aliphatic heterocycles. The molecule has 0 spiro atoms. The van der Waals surface area contributed by atoms with Crippen LogP contribution in [0.4, 0.5) is 4.39 Å². The molecule has 2 aromatic rings. The number of Topliss-reactive ketones (excluding diaryl/α,β-unsaturated/α-hetero) is 3. The van der Waals surface area contributed by atoms with E-state index >= 15 is 0 Å². The Hall–Kier alpha value is -2.66. The van der Waals surface area contributed by atoms with Crippen molar-refractivity contribution in [2.24, 2.45) is 11.8 Å². The van der Waals surface area contributed by atoms with E-state index in [0.717, 1.165) is 11.1 Å². The Morgan fingerprint density at radius 2 is 1.50 bits per heavy atom. The fraction of sp³-hybridized carbons (Fsp3) is 0.400. The standard InChI is InChI=1S/C25H29FO4/c1-2-7-22(28)24(23(29)10-6-17-27)21(15-16-26)25(30)20-13-11-19(12-14-20)18-8-4-3-5-9-18/h3-5,8-9,11-14,21,24,27H,2,6-7,10,15-17H2,1H3. The molecule has 0 bridgehead atoms. The molecular weight excluding hydrogens is 383 g/mol. The van der Waals surface area contributed by atoms with Crippen LogP contribution < -0.4 is 0 Å². The van der Waals surface area contributed by atoms with Gasteiger partial charge >= 0.3 is 0 Å². The Labute approximate surface area is 177 Å². The van der Waals surface area contributed by atoms with Crippen LogP contribution in [0.2, 0.25) is 0 Å². The number of ketones is 3. The molecule has 0 aromatic heterocycles. The van der Waals surface area contributed by atoms with Crippen molar-refractivity contribution in [1.29, 1.82) is 0 Å². The van der Waals surface area contributed by atoms with Gasteiger partial charge in [-0.25, -0.2) is 0 Å². The summed E-state index contributed by atoms with van der Waals surface area (Å²) in [5.41, 5.74) is 2.30. The van der Waals surface area contributed by atoms with Gasteiger partial charge in [0.25, 0.3) is 0 Å². The van der Waals surface area contributed by atoms with E-state index in [1.165, 1.54) is 0 Å². The maximum Gasteiger partial charge on any atom is 0.167 e. The first-order valence-electron chi connectivity index (χ1n) is 10.4. The molecule has 4 nitrogen and oxygen atoms in total. The van der Waals surface area contributed by atoms with Crippen LogP contribution in [-0.2, 0) is 9.59 Å². The minimum atomic E-state index is -1.16. The zero-order valence-corrected chi connectivity index (χ0v) is 17.4. The Kier molecular flexibility index (Phi) is 9.55. The van der Waals surface area contributed by atoms with Gasteiger partial charge in [0.05, 0.1) is 12.6 Å². The molecule has 0 radical (unpaired) electrons. The zero-order valence-electron chi connectivity index (χ0n) is 17.4. The van der Waals surface area contributed by atoms with Gasteiger partial charge in [-0.1, -0.05) is 61.5 Å². The number of hydrogen-bond acceptors (Lipinski definition) is 4. The van der Waals surface area contributed by atoms with Gasteiger partial charge in [-0.05, 0) is 30.4 Å². The molecule has 30 heavy (non-hydrogen) atoms. The Bertz CT molecular complexity index is 830. The maximum atomic E-state index is 13.3. The molecule has 0 heterocycles. The summed E-state index contributed by atoms with van der Waals surface area (Å²) < 4.78 is 13.3. The normalized spacial score (nSPS) is 12.9. The van der Waals surface area contributed by atoms with E-state index < -0.39 is 24.3 Å². The van der Waals surface area contributed by atoms with Gasteiger partial charge < -0.3 is 5.11 Å². The van der Waals surface area contributed by atoms with Crippen LogP contribution in [-0.4, -0.2) is 35.7 Å². The van der Waals surface area contributed by atoms with Crippen molar-refractivity contribution in [3.8, 4) is 11.1 Å². The van der Waals surface area contributed by atoms with E-state index in [9.17, 15) is 18.8 Å². The smallest absolute Gasteiger partial charge is 0.167 e. The SMILES string of the molecule is CCCC(=O)C(C(=O)CCCO)C(CCF)C(=O)c1ccc(-c2ccccc2)cc1. The average molecular weight is 413 g/mol. The summed E-state index contributed by atoms with van der Waals surface area (Å²) in [4.78, 5) is 38.6. The summed E-state index contributed by atoms with van der Waals surface area (Å²) in [7, 11) is 0. The van der Waals surface area contributed by atoms with E-state index in [4.69, 9.17) is 5.11 Å². The molecular formula is C25H29FO4. The monoisotopic (exact) mass is 412 g/mol. The van der Waals surface area contributed by atoms with Crippen molar-refractivity contribution >= 4 is 17.3 Å². The van der Waals surface area contributed by atoms with Gasteiger partial charge in [0.2, 0.25) is 0 Å². The topological polar surface area (TPSA) is 71.4 Å². The van der Waals surface area contributed by atoms with Crippen LogP contribution in [0.5, 0.6) is 0 Å². The zero-order chi connectivity index (χ0) is 21.9. The first kappa shape index (κ1) is 23.6. The maximum absolute atomic E-state index is 13.3. The van der Waals surface area contributed by atoms with Gasteiger partial charge in [-0.15, -0.1) is 0 Å².